The molecule has 0 spiro atoms. The maximum Gasteiger partial charge on any atom is 0.283 e. The predicted molar refractivity (Wildman–Crippen MR) is 125 cm³/mol. The van der Waals surface area contributed by atoms with E-state index in [2.05, 4.69) is 66.6 Å². The molecule has 0 atom stereocenters. The van der Waals surface area contributed by atoms with Crippen LogP contribution in [-0.2, 0) is 4.79 Å². The molecule has 1 aromatic carbocycles. The molecule has 154 valence electrons. The zero-order valence-electron chi connectivity index (χ0n) is 17.9. The van der Waals surface area contributed by atoms with E-state index in [1.165, 1.54) is 27.9 Å². The van der Waals surface area contributed by atoms with Gasteiger partial charge in [-0.05, 0) is 87.2 Å². The third-order valence-corrected chi connectivity index (χ3v) is 6.52. The van der Waals surface area contributed by atoms with Gasteiger partial charge in [-0.3, -0.25) is 10.2 Å². The van der Waals surface area contributed by atoms with Crippen molar-refractivity contribution < 1.29 is 4.79 Å². The zero-order chi connectivity index (χ0) is 21.6. The Hall–Kier alpha value is -2.93. The summed E-state index contributed by atoms with van der Waals surface area (Å²) in [5.74, 6) is -0.302. The van der Waals surface area contributed by atoms with E-state index in [0.29, 0.717) is 5.17 Å². The fourth-order valence-electron chi connectivity index (χ4n) is 3.78. The quantitative estimate of drug-likeness (QED) is 0.698. The van der Waals surface area contributed by atoms with Crippen molar-refractivity contribution in [3.05, 3.63) is 57.9 Å². The smallest absolute Gasteiger partial charge is 0.283 e. The van der Waals surface area contributed by atoms with E-state index in [1.807, 2.05) is 6.92 Å². The number of hydrogen-bond donors (Lipinski definition) is 1. The summed E-state index contributed by atoms with van der Waals surface area (Å²) in [5, 5.41) is 15.9. The lowest BCUT2D eigenvalue weighted by molar-refractivity contribution is -0.114. The first kappa shape index (κ1) is 20.3. The summed E-state index contributed by atoms with van der Waals surface area (Å²) in [6.45, 7) is 10.4. The Morgan fingerprint density at radius 1 is 1.20 bits per heavy atom. The Morgan fingerprint density at radius 3 is 2.70 bits per heavy atom. The van der Waals surface area contributed by atoms with Crippen molar-refractivity contribution in [1.29, 1.82) is 5.41 Å². The van der Waals surface area contributed by atoms with Crippen LogP contribution in [-0.4, -0.2) is 31.5 Å². The van der Waals surface area contributed by atoms with E-state index >= 15 is 0 Å². The second-order valence-corrected chi connectivity index (χ2v) is 8.69. The van der Waals surface area contributed by atoms with E-state index in [0.717, 1.165) is 40.5 Å². The largest absolute Gasteiger partial charge is 0.318 e. The van der Waals surface area contributed by atoms with Crippen LogP contribution in [0.25, 0.3) is 11.8 Å². The molecule has 1 N–H and O–H groups in total. The number of nitrogens with zero attached hydrogens (tertiary/aromatic N) is 4. The van der Waals surface area contributed by atoms with Crippen LogP contribution >= 0.6 is 11.8 Å². The molecular formula is C23H25N5OS. The van der Waals surface area contributed by atoms with E-state index < -0.39 is 0 Å². The summed E-state index contributed by atoms with van der Waals surface area (Å²) in [6.07, 6.45) is 3.55. The molecule has 1 amide bonds. The van der Waals surface area contributed by atoms with E-state index in [4.69, 9.17) is 5.41 Å². The second kappa shape index (κ2) is 7.72. The van der Waals surface area contributed by atoms with E-state index in [9.17, 15) is 4.79 Å². The number of amidine groups is 2. The van der Waals surface area contributed by atoms with Crippen LogP contribution < -0.4 is 0 Å². The number of hydrogen-bond acceptors (Lipinski definition) is 4. The van der Waals surface area contributed by atoms with Crippen LogP contribution in [0, 0.1) is 33.1 Å². The summed E-state index contributed by atoms with van der Waals surface area (Å²) in [5.41, 5.74) is 6.86. The predicted octanol–water partition coefficient (Wildman–Crippen LogP) is 5.13. The Kier molecular flexibility index (Phi) is 5.24. The first-order chi connectivity index (χ1) is 14.3. The van der Waals surface area contributed by atoms with Gasteiger partial charge in [0.25, 0.3) is 5.91 Å². The minimum Gasteiger partial charge on any atom is -0.318 e. The molecule has 0 aliphatic carbocycles. The summed E-state index contributed by atoms with van der Waals surface area (Å²) >= 11 is 1.38. The highest BCUT2D eigenvalue weighted by Gasteiger charge is 2.35. The van der Waals surface area contributed by atoms with Crippen molar-refractivity contribution in [2.45, 2.75) is 47.5 Å². The van der Waals surface area contributed by atoms with Crippen LogP contribution in [0.3, 0.4) is 0 Å². The van der Waals surface area contributed by atoms with Crippen molar-refractivity contribution in [3.8, 4) is 5.69 Å². The van der Waals surface area contributed by atoms with Gasteiger partial charge >= 0.3 is 0 Å². The first-order valence-corrected chi connectivity index (χ1v) is 10.9. The van der Waals surface area contributed by atoms with Crippen LogP contribution in [0.4, 0.5) is 0 Å². The summed E-state index contributed by atoms with van der Waals surface area (Å²) in [6, 6.07) is 8.32. The number of fused-ring (bicyclic) bond motifs is 1. The number of thioether (sulfide) groups is 1. The molecule has 6 nitrogen and oxygen atoms in total. The maximum atomic E-state index is 12.7. The van der Waals surface area contributed by atoms with Crippen LogP contribution in [0.2, 0.25) is 0 Å². The molecule has 7 heteroatoms. The monoisotopic (exact) mass is 419 g/mol. The van der Waals surface area contributed by atoms with Crippen LogP contribution in [0.5, 0.6) is 0 Å². The highest BCUT2D eigenvalue weighted by Crippen LogP contribution is 2.31. The minimum atomic E-state index is -0.386. The molecular weight excluding hydrogens is 394 g/mol. The van der Waals surface area contributed by atoms with Gasteiger partial charge in [-0.2, -0.15) is 15.1 Å². The lowest BCUT2D eigenvalue weighted by Crippen LogP contribution is -2.35. The number of aromatic nitrogens is 1. The summed E-state index contributed by atoms with van der Waals surface area (Å²) < 4.78 is 2.20. The molecule has 0 bridgehead atoms. The average Bonchev–Trinajstić information content (AvgIpc) is 3.22. The maximum absolute atomic E-state index is 12.7. The number of nitrogens with one attached hydrogen (secondary N) is 1. The second-order valence-electron chi connectivity index (χ2n) is 7.64. The number of amides is 1. The molecule has 30 heavy (non-hydrogen) atoms. The Balaban J connectivity index is 1.75. The van der Waals surface area contributed by atoms with Crippen LogP contribution in [0.1, 0.15) is 47.8 Å². The molecule has 0 unspecified atom stereocenters. The van der Waals surface area contributed by atoms with Crippen molar-refractivity contribution in [1.82, 2.24) is 9.58 Å². The van der Waals surface area contributed by atoms with Gasteiger partial charge in [-0.15, -0.1) is 0 Å². The molecule has 4 rings (SSSR count). The van der Waals surface area contributed by atoms with E-state index in [-0.39, 0.29) is 17.3 Å². The number of carbonyl (C=O) groups excluding carboxylic acids is 1. The molecule has 0 saturated carbocycles. The number of hydrazone groups is 1. The van der Waals surface area contributed by atoms with Crippen molar-refractivity contribution in [3.63, 3.8) is 0 Å². The van der Waals surface area contributed by atoms with Crippen LogP contribution in [0.15, 0.2) is 39.9 Å². The van der Waals surface area contributed by atoms with Crippen molar-refractivity contribution >= 4 is 39.8 Å². The normalized spacial score (nSPS) is 17.5. The summed E-state index contributed by atoms with van der Waals surface area (Å²) in [7, 11) is 0. The lowest BCUT2D eigenvalue weighted by Gasteiger charge is -2.20. The number of carbonyl (C=O) groups is 1. The standard InChI is InChI=1S/C23H25N5OS/c1-6-8-20-26-28-21(24)18(22(29)25-23(28)30-20)12-17-11-14(3)27(16(17)5)19-10-7-9-13(2)15(19)4/h7,9-12,24H,6,8H2,1-5H3/b18-12+,24-21?. The number of rotatable bonds is 4. The Labute approximate surface area is 180 Å². The summed E-state index contributed by atoms with van der Waals surface area (Å²) in [4.78, 5) is 16.9. The number of benzene rings is 1. The fraction of sp³-hybridized carbons (Fsp3) is 0.304. The topological polar surface area (TPSA) is 73.8 Å². The average molecular weight is 420 g/mol. The number of aliphatic imine (C=N–C) groups is 1. The molecule has 0 saturated heterocycles. The highest BCUT2D eigenvalue weighted by molar-refractivity contribution is 8.26. The molecule has 2 aliphatic heterocycles. The minimum absolute atomic E-state index is 0.0835. The van der Waals surface area contributed by atoms with Crippen molar-refractivity contribution in [2.24, 2.45) is 10.1 Å². The van der Waals surface area contributed by atoms with Gasteiger partial charge in [0.1, 0.15) is 5.04 Å². The fourth-order valence-corrected chi connectivity index (χ4v) is 4.77. The van der Waals surface area contributed by atoms with Gasteiger partial charge in [-0.25, -0.2) is 0 Å². The third-order valence-electron chi connectivity index (χ3n) is 5.55. The Morgan fingerprint density at radius 2 is 1.97 bits per heavy atom. The highest BCUT2D eigenvalue weighted by atomic mass is 32.2. The van der Waals surface area contributed by atoms with Gasteiger partial charge in [0.2, 0.25) is 5.17 Å². The molecule has 3 heterocycles. The van der Waals surface area contributed by atoms with Gasteiger partial charge in [0.05, 0.1) is 5.57 Å². The van der Waals surface area contributed by atoms with E-state index in [1.54, 1.807) is 6.08 Å². The third kappa shape index (κ3) is 3.33. The zero-order valence-corrected chi connectivity index (χ0v) is 18.7. The lowest BCUT2D eigenvalue weighted by atomic mass is 10.1. The molecule has 0 fully saturated rings. The Bertz CT molecular complexity index is 1170. The van der Waals surface area contributed by atoms with Gasteiger partial charge < -0.3 is 4.57 Å². The number of aryl methyl sites for hydroxylation is 2. The first-order valence-electron chi connectivity index (χ1n) is 10.1. The molecule has 0 radical (unpaired) electrons. The molecule has 2 aliphatic rings. The van der Waals surface area contributed by atoms with Gasteiger partial charge in [-0.1, -0.05) is 19.1 Å². The SMILES string of the molecule is CCCC1=NN2C(=N)/C(=C\c3cc(C)n(-c4cccc(C)c4C)c3C)C(=O)N=C2S1. The van der Waals surface area contributed by atoms with Gasteiger partial charge in [0.15, 0.2) is 5.84 Å². The van der Waals surface area contributed by atoms with Gasteiger partial charge in [0, 0.05) is 17.1 Å². The van der Waals surface area contributed by atoms with Crippen molar-refractivity contribution in [2.75, 3.05) is 0 Å². The molecule has 2 aromatic rings. The molecule has 1 aromatic heterocycles.